The van der Waals surface area contributed by atoms with Gasteiger partial charge in [-0.1, -0.05) is 23.7 Å². The highest BCUT2D eigenvalue weighted by atomic mass is 35.5. The van der Waals surface area contributed by atoms with Crippen LogP contribution in [0.15, 0.2) is 36.4 Å². The minimum atomic E-state index is -1.16. The van der Waals surface area contributed by atoms with Crippen LogP contribution in [0.25, 0.3) is 0 Å². The van der Waals surface area contributed by atoms with Gasteiger partial charge in [0.2, 0.25) is 0 Å². The van der Waals surface area contributed by atoms with E-state index in [1.165, 1.54) is 19.2 Å². The quantitative estimate of drug-likeness (QED) is 0.631. The molecule has 0 aliphatic heterocycles. The summed E-state index contributed by atoms with van der Waals surface area (Å²) in [5.74, 6) is -0.876. The maximum atomic E-state index is 12.0. The van der Waals surface area contributed by atoms with E-state index in [4.69, 9.17) is 38.4 Å². The summed E-state index contributed by atoms with van der Waals surface area (Å²) in [4.78, 5) is 23.1. The average molecular weight is 409 g/mol. The predicted octanol–water partition coefficient (Wildman–Crippen LogP) is 3.25. The zero-order valence-corrected chi connectivity index (χ0v) is 16.1. The Morgan fingerprint density at radius 2 is 2.00 bits per heavy atom. The van der Waals surface area contributed by atoms with Crippen molar-refractivity contribution in [2.75, 3.05) is 19.0 Å². The number of amides is 1. The normalized spacial score (nSPS) is 10.0. The highest BCUT2D eigenvalue weighted by Gasteiger charge is 2.16. The summed E-state index contributed by atoms with van der Waals surface area (Å²) >= 11 is 11.1. The molecule has 0 saturated heterocycles. The van der Waals surface area contributed by atoms with E-state index in [1.54, 1.807) is 12.1 Å². The monoisotopic (exact) mass is 408 g/mol. The zero-order valence-electron chi connectivity index (χ0n) is 14.5. The number of ether oxygens (including phenoxy) is 2. The van der Waals surface area contributed by atoms with Crippen molar-refractivity contribution >= 4 is 46.5 Å². The van der Waals surface area contributed by atoms with Crippen molar-refractivity contribution in [3.63, 3.8) is 0 Å². The van der Waals surface area contributed by atoms with E-state index in [9.17, 15) is 9.59 Å². The van der Waals surface area contributed by atoms with Crippen molar-refractivity contribution in [2.24, 2.45) is 0 Å². The molecule has 3 N–H and O–H groups in total. The Morgan fingerprint density at radius 1 is 1.26 bits per heavy atom. The predicted molar refractivity (Wildman–Crippen MR) is 106 cm³/mol. The first-order valence-corrected chi connectivity index (χ1v) is 8.50. The van der Waals surface area contributed by atoms with E-state index in [0.29, 0.717) is 5.75 Å². The van der Waals surface area contributed by atoms with E-state index in [0.717, 1.165) is 5.56 Å². The lowest BCUT2D eigenvalue weighted by Gasteiger charge is -2.15. The summed E-state index contributed by atoms with van der Waals surface area (Å²) in [5.41, 5.74) is 1.17. The van der Waals surface area contributed by atoms with Crippen molar-refractivity contribution in [3.8, 4) is 11.5 Å². The molecule has 0 bridgehead atoms. The number of carbonyl (C=O) groups is 2. The number of carboxylic acid groups (broad SMARTS) is 1. The summed E-state index contributed by atoms with van der Waals surface area (Å²) in [6.45, 7) is 1.67. The number of aryl methyl sites for hydroxylation is 1. The number of hydrogen-bond donors (Lipinski definition) is 3. The molecular weight excluding hydrogens is 392 g/mol. The lowest BCUT2D eigenvalue weighted by molar-refractivity contribution is -0.121. The fraction of sp³-hybridized carbons (Fsp3) is 0.167. The van der Waals surface area contributed by atoms with Gasteiger partial charge in [0.15, 0.2) is 17.5 Å². The van der Waals surface area contributed by atoms with Crippen LogP contribution in [-0.2, 0) is 4.79 Å². The first kappa shape index (κ1) is 20.5. The molecule has 0 unspecified atom stereocenters. The Balaban J connectivity index is 2.00. The maximum Gasteiger partial charge on any atom is 0.335 e. The molecule has 0 aliphatic rings. The van der Waals surface area contributed by atoms with Crippen LogP contribution in [0.2, 0.25) is 5.02 Å². The number of methoxy groups -OCH3 is 1. The summed E-state index contributed by atoms with van der Waals surface area (Å²) < 4.78 is 10.5. The van der Waals surface area contributed by atoms with Crippen LogP contribution in [0.4, 0.5) is 5.69 Å². The highest BCUT2D eigenvalue weighted by molar-refractivity contribution is 7.80. The van der Waals surface area contributed by atoms with Crippen molar-refractivity contribution in [2.45, 2.75) is 6.92 Å². The fourth-order valence-electron chi connectivity index (χ4n) is 2.19. The first-order chi connectivity index (χ1) is 12.8. The molecule has 0 aromatic heterocycles. The molecule has 0 fully saturated rings. The number of thiocarbonyl (C=S) groups is 1. The van der Waals surface area contributed by atoms with E-state index < -0.39 is 11.9 Å². The molecule has 9 heteroatoms. The lowest BCUT2D eigenvalue weighted by Crippen LogP contribution is -2.37. The number of nitrogens with one attached hydrogen (secondary N) is 2. The summed E-state index contributed by atoms with van der Waals surface area (Å²) in [7, 11) is 1.38. The largest absolute Gasteiger partial charge is 0.493 e. The van der Waals surface area contributed by atoms with Crippen LogP contribution in [0, 0.1) is 6.92 Å². The Kier molecular flexibility index (Phi) is 6.98. The van der Waals surface area contributed by atoms with Gasteiger partial charge in [-0.05, 0) is 49.0 Å². The third kappa shape index (κ3) is 5.83. The van der Waals surface area contributed by atoms with E-state index in [2.05, 4.69) is 10.6 Å². The Hall–Kier alpha value is -2.84. The standard InChI is InChI=1S/C18H17ClN2O5S/c1-10-4-3-5-12(6-10)26-9-15(22)21-18(27)20-14-8-11(17(23)24)7-13(19)16(14)25-2/h3-8H,9H2,1-2H3,(H,23,24)(H2,20,21,22,27). The Morgan fingerprint density at radius 3 is 2.63 bits per heavy atom. The third-order valence-electron chi connectivity index (χ3n) is 3.36. The number of halogens is 1. The second-order valence-corrected chi connectivity index (χ2v) is 6.27. The van der Waals surface area contributed by atoms with E-state index in [-0.39, 0.29) is 33.7 Å². The molecule has 0 saturated carbocycles. The maximum absolute atomic E-state index is 12.0. The van der Waals surface area contributed by atoms with Crippen LogP contribution in [0.3, 0.4) is 0 Å². The molecule has 7 nitrogen and oxygen atoms in total. The number of carboxylic acids is 1. The number of aromatic carboxylic acids is 1. The molecule has 0 aliphatic carbocycles. The van der Waals surface area contributed by atoms with Crippen LogP contribution in [-0.4, -0.2) is 35.8 Å². The molecule has 0 spiro atoms. The number of rotatable bonds is 6. The molecule has 0 heterocycles. The number of carbonyl (C=O) groups excluding carboxylic acids is 1. The van der Waals surface area contributed by atoms with Gasteiger partial charge in [-0.3, -0.25) is 10.1 Å². The van der Waals surface area contributed by atoms with Crippen molar-refractivity contribution in [1.29, 1.82) is 0 Å². The molecule has 0 atom stereocenters. The van der Waals surface area contributed by atoms with Gasteiger partial charge in [0, 0.05) is 0 Å². The van der Waals surface area contributed by atoms with Crippen LogP contribution >= 0.6 is 23.8 Å². The molecule has 2 rings (SSSR count). The Labute approximate surface area is 166 Å². The molecule has 2 aromatic carbocycles. The minimum Gasteiger partial charge on any atom is -0.493 e. The summed E-state index contributed by atoms with van der Waals surface area (Å²) in [6.07, 6.45) is 0. The molecule has 1 amide bonds. The van der Waals surface area contributed by atoms with Gasteiger partial charge in [-0.2, -0.15) is 0 Å². The Bertz CT molecular complexity index is 888. The smallest absolute Gasteiger partial charge is 0.335 e. The second kappa shape index (κ2) is 9.20. The van der Waals surface area contributed by atoms with Gasteiger partial charge in [0.25, 0.3) is 5.91 Å². The van der Waals surface area contributed by atoms with Gasteiger partial charge in [0.1, 0.15) is 5.75 Å². The highest BCUT2D eigenvalue weighted by Crippen LogP contribution is 2.34. The second-order valence-electron chi connectivity index (χ2n) is 5.45. The van der Waals surface area contributed by atoms with Crippen LogP contribution < -0.4 is 20.1 Å². The number of hydrogen-bond acceptors (Lipinski definition) is 5. The zero-order chi connectivity index (χ0) is 20.0. The number of anilines is 1. The van der Waals surface area contributed by atoms with Crippen molar-refractivity contribution in [1.82, 2.24) is 5.32 Å². The molecule has 142 valence electrons. The topological polar surface area (TPSA) is 96.9 Å². The van der Waals surface area contributed by atoms with E-state index >= 15 is 0 Å². The van der Waals surface area contributed by atoms with Crippen molar-refractivity contribution < 1.29 is 24.2 Å². The molecular formula is C18H17ClN2O5S. The molecule has 2 aromatic rings. The van der Waals surface area contributed by atoms with Crippen LogP contribution in [0.5, 0.6) is 11.5 Å². The first-order valence-electron chi connectivity index (χ1n) is 7.71. The van der Waals surface area contributed by atoms with E-state index in [1.807, 2.05) is 19.1 Å². The SMILES string of the molecule is COc1c(Cl)cc(C(=O)O)cc1NC(=S)NC(=O)COc1cccc(C)c1. The summed E-state index contributed by atoms with van der Waals surface area (Å²) in [6, 6.07) is 9.82. The molecule has 27 heavy (non-hydrogen) atoms. The lowest BCUT2D eigenvalue weighted by atomic mass is 10.2. The third-order valence-corrected chi connectivity index (χ3v) is 3.84. The van der Waals surface area contributed by atoms with Gasteiger partial charge in [-0.25, -0.2) is 4.79 Å². The van der Waals surface area contributed by atoms with Gasteiger partial charge in [-0.15, -0.1) is 0 Å². The van der Waals surface area contributed by atoms with Crippen LogP contribution in [0.1, 0.15) is 15.9 Å². The van der Waals surface area contributed by atoms with Gasteiger partial charge in [0.05, 0.1) is 23.4 Å². The average Bonchev–Trinajstić information content (AvgIpc) is 2.59. The van der Waals surface area contributed by atoms with Gasteiger partial charge < -0.3 is 19.9 Å². The fourth-order valence-corrected chi connectivity index (χ4v) is 2.71. The summed E-state index contributed by atoms with van der Waals surface area (Å²) in [5, 5.41) is 14.3. The van der Waals surface area contributed by atoms with Crippen molar-refractivity contribution in [3.05, 3.63) is 52.5 Å². The minimum absolute atomic E-state index is 0.0512. The number of benzene rings is 2. The van der Waals surface area contributed by atoms with Gasteiger partial charge >= 0.3 is 5.97 Å². The molecule has 0 radical (unpaired) electrons.